The van der Waals surface area contributed by atoms with Gasteiger partial charge in [-0.1, -0.05) is 38.1 Å². The molecule has 1 aliphatic rings. The molecule has 9 heteroatoms. The molecule has 4 nitrogen and oxygen atoms in total. The zero-order valence-electron chi connectivity index (χ0n) is 21.5. The van der Waals surface area contributed by atoms with Crippen LogP contribution in [0.4, 0.5) is 33.5 Å². The SMILES string of the molecule is Cc1c(-c2ccc(C(F)(F)F)cc2)cnc(N2CCCC(F)(F)CC2)c1C(=O)Nc1cccc(C(C)C)c1.[HH]. The number of anilines is 2. The number of carbonyl (C=O) groups excluding carboxylic acids is 1. The second-order valence-electron chi connectivity index (χ2n) is 10.0. The van der Waals surface area contributed by atoms with E-state index in [-0.39, 0.29) is 44.5 Å². The zero-order valence-corrected chi connectivity index (χ0v) is 21.5. The molecule has 0 bridgehead atoms. The Morgan fingerprint density at radius 1 is 1.08 bits per heavy atom. The molecule has 0 aliphatic carbocycles. The Hall–Kier alpha value is -3.49. The Bertz CT molecular complexity index is 1310. The summed E-state index contributed by atoms with van der Waals surface area (Å²) in [7, 11) is 0. The van der Waals surface area contributed by atoms with Gasteiger partial charge < -0.3 is 10.2 Å². The second-order valence-corrected chi connectivity index (χ2v) is 10.0. The van der Waals surface area contributed by atoms with Crippen LogP contribution in [0, 0.1) is 6.92 Å². The summed E-state index contributed by atoms with van der Waals surface area (Å²) in [6, 6.07) is 12.1. The summed E-state index contributed by atoms with van der Waals surface area (Å²) in [6.07, 6.45) is -3.33. The molecule has 0 atom stereocenters. The zero-order chi connectivity index (χ0) is 27.7. The van der Waals surface area contributed by atoms with Crippen molar-refractivity contribution in [2.24, 2.45) is 0 Å². The van der Waals surface area contributed by atoms with Crippen molar-refractivity contribution in [3.05, 3.63) is 77.0 Å². The largest absolute Gasteiger partial charge is 0.416 e. The third-order valence-corrected chi connectivity index (χ3v) is 6.90. The number of aromatic nitrogens is 1. The lowest BCUT2D eigenvalue weighted by atomic mass is 9.96. The first-order chi connectivity index (χ1) is 17.9. The molecule has 0 unspecified atom stereocenters. The van der Waals surface area contributed by atoms with Gasteiger partial charge in [-0.2, -0.15) is 13.2 Å². The number of amides is 1. The Morgan fingerprint density at radius 2 is 1.79 bits per heavy atom. The summed E-state index contributed by atoms with van der Waals surface area (Å²) in [5, 5.41) is 2.91. The highest BCUT2D eigenvalue weighted by atomic mass is 19.4. The van der Waals surface area contributed by atoms with E-state index in [1.807, 2.05) is 32.0 Å². The maximum absolute atomic E-state index is 14.1. The summed E-state index contributed by atoms with van der Waals surface area (Å²) in [5.74, 6) is -2.72. The molecule has 1 aliphatic heterocycles. The molecule has 1 fully saturated rings. The third kappa shape index (κ3) is 6.14. The number of rotatable bonds is 5. The lowest BCUT2D eigenvalue weighted by Crippen LogP contribution is -2.30. The summed E-state index contributed by atoms with van der Waals surface area (Å²) >= 11 is 0. The molecule has 1 saturated heterocycles. The van der Waals surface area contributed by atoms with E-state index in [4.69, 9.17) is 0 Å². The standard InChI is InChI=1S/C29H30F5N3O.H2/c1-18(2)21-6-4-7-23(16-21)36-27(38)25-19(3)24(20-8-10-22(11-9-20)29(32,33)34)17-35-26(25)37-14-5-12-28(30,31)13-15-37;/h4,6-11,16-18H,5,12-15H2,1-3H3,(H,36,38);1H. The van der Waals surface area contributed by atoms with Crippen LogP contribution in [0.5, 0.6) is 0 Å². The smallest absolute Gasteiger partial charge is 0.356 e. The average molecular weight is 534 g/mol. The van der Waals surface area contributed by atoms with E-state index < -0.39 is 23.6 Å². The van der Waals surface area contributed by atoms with Gasteiger partial charge >= 0.3 is 6.18 Å². The van der Waals surface area contributed by atoms with Crippen LogP contribution in [0.15, 0.2) is 54.7 Å². The first kappa shape index (κ1) is 27.5. The van der Waals surface area contributed by atoms with Gasteiger partial charge in [0.15, 0.2) is 0 Å². The maximum atomic E-state index is 14.1. The highest BCUT2D eigenvalue weighted by molar-refractivity contribution is 6.09. The summed E-state index contributed by atoms with van der Waals surface area (Å²) in [5.41, 5.74) is 2.50. The van der Waals surface area contributed by atoms with Crippen LogP contribution in [0.1, 0.15) is 67.5 Å². The average Bonchev–Trinajstić information content (AvgIpc) is 3.03. The molecule has 1 aromatic heterocycles. The molecule has 1 N–H and O–H groups in total. The number of nitrogens with one attached hydrogen (secondary N) is 1. The van der Waals surface area contributed by atoms with Gasteiger partial charge in [-0.05, 0) is 60.2 Å². The van der Waals surface area contributed by atoms with Crippen molar-refractivity contribution >= 4 is 17.4 Å². The van der Waals surface area contributed by atoms with E-state index in [1.54, 1.807) is 17.9 Å². The number of nitrogens with zero attached hydrogens (tertiary/aromatic N) is 2. The summed E-state index contributed by atoms with van der Waals surface area (Å²) in [6.45, 7) is 6.11. The molecule has 0 saturated carbocycles. The van der Waals surface area contributed by atoms with Gasteiger partial charge in [0, 0.05) is 44.8 Å². The van der Waals surface area contributed by atoms with Crippen molar-refractivity contribution in [1.29, 1.82) is 0 Å². The number of halogens is 5. The molecule has 204 valence electrons. The summed E-state index contributed by atoms with van der Waals surface area (Å²) < 4.78 is 67.4. The van der Waals surface area contributed by atoms with Crippen molar-refractivity contribution in [2.75, 3.05) is 23.3 Å². The van der Waals surface area contributed by atoms with E-state index in [2.05, 4.69) is 10.3 Å². The Balaban J connectivity index is 0.00000420. The van der Waals surface area contributed by atoms with Crippen LogP contribution in [-0.4, -0.2) is 29.9 Å². The molecule has 0 spiro atoms. The van der Waals surface area contributed by atoms with Gasteiger partial charge in [0.1, 0.15) is 5.82 Å². The fourth-order valence-corrected chi connectivity index (χ4v) is 4.68. The second kappa shape index (κ2) is 10.7. The molecule has 4 rings (SSSR count). The van der Waals surface area contributed by atoms with E-state index in [0.29, 0.717) is 28.9 Å². The van der Waals surface area contributed by atoms with Crippen molar-refractivity contribution in [3.63, 3.8) is 0 Å². The predicted octanol–water partition coefficient (Wildman–Crippen LogP) is 8.32. The number of hydrogen-bond donors (Lipinski definition) is 1. The predicted molar refractivity (Wildman–Crippen MR) is 141 cm³/mol. The lowest BCUT2D eigenvalue weighted by molar-refractivity contribution is -0.137. The monoisotopic (exact) mass is 533 g/mol. The normalized spacial score (nSPS) is 15.9. The number of pyridine rings is 1. The lowest BCUT2D eigenvalue weighted by Gasteiger charge is -2.26. The first-order valence-corrected chi connectivity index (χ1v) is 12.6. The van der Waals surface area contributed by atoms with Gasteiger partial charge in [-0.3, -0.25) is 4.79 Å². The first-order valence-electron chi connectivity index (χ1n) is 12.6. The van der Waals surface area contributed by atoms with Gasteiger partial charge in [-0.15, -0.1) is 0 Å². The van der Waals surface area contributed by atoms with Crippen LogP contribution in [-0.2, 0) is 6.18 Å². The minimum atomic E-state index is -4.47. The number of carbonyl (C=O) groups is 1. The van der Waals surface area contributed by atoms with E-state index in [0.717, 1.165) is 17.7 Å². The van der Waals surface area contributed by atoms with Crippen LogP contribution in [0.2, 0.25) is 0 Å². The van der Waals surface area contributed by atoms with Crippen LogP contribution in [0.3, 0.4) is 0 Å². The quantitative estimate of drug-likeness (QED) is 0.336. The van der Waals surface area contributed by atoms with Crippen molar-refractivity contribution in [3.8, 4) is 11.1 Å². The minimum absolute atomic E-state index is 0. The molecule has 1 amide bonds. The van der Waals surface area contributed by atoms with Crippen molar-refractivity contribution < 1.29 is 28.2 Å². The molecule has 2 aromatic carbocycles. The molecule has 0 radical (unpaired) electrons. The molecular formula is C29H32F5N3O. The number of hydrogen-bond acceptors (Lipinski definition) is 3. The van der Waals surface area contributed by atoms with Gasteiger partial charge in [0.25, 0.3) is 5.91 Å². The Labute approximate surface area is 220 Å². The van der Waals surface area contributed by atoms with E-state index in [1.165, 1.54) is 18.3 Å². The highest BCUT2D eigenvalue weighted by Gasteiger charge is 2.34. The third-order valence-electron chi connectivity index (χ3n) is 6.90. The van der Waals surface area contributed by atoms with Crippen molar-refractivity contribution in [2.45, 2.75) is 58.1 Å². The van der Waals surface area contributed by atoms with E-state index in [9.17, 15) is 26.7 Å². The Morgan fingerprint density at radius 3 is 2.45 bits per heavy atom. The maximum Gasteiger partial charge on any atom is 0.416 e. The Kier molecular flexibility index (Phi) is 7.76. The molecule has 3 aromatic rings. The topological polar surface area (TPSA) is 45.2 Å². The van der Waals surface area contributed by atoms with E-state index >= 15 is 0 Å². The van der Waals surface area contributed by atoms with Crippen LogP contribution < -0.4 is 10.2 Å². The van der Waals surface area contributed by atoms with Gasteiger partial charge in [-0.25, -0.2) is 13.8 Å². The molecular weight excluding hydrogens is 501 g/mol. The number of alkyl halides is 5. The highest BCUT2D eigenvalue weighted by Crippen LogP contribution is 2.36. The fraction of sp³-hybridized carbons (Fsp3) is 0.379. The number of benzene rings is 2. The molecule has 2 heterocycles. The van der Waals surface area contributed by atoms with Crippen LogP contribution in [0.25, 0.3) is 11.1 Å². The van der Waals surface area contributed by atoms with Gasteiger partial charge in [0.05, 0.1) is 11.1 Å². The molecule has 38 heavy (non-hydrogen) atoms. The van der Waals surface area contributed by atoms with Crippen LogP contribution >= 0.6 is 0 Å². The van der Waals surface area contributed by atoms with Crippen molar-refractivity contribution in [1.82, 2.24) is 4.98 Å². The minimum Gasteiger partial charge on any atom is -0.356 e. The fourth-order valence-electron chi connectivity index (χ4n) is 4.68. The van der Waals surface area contributed by atoms with Gasteiger partial charge in [0.2, 0.25) is 5.92 Å². The summed E-state index contributed by atoms with van der Waals surface area (Å²) in [4.78, 5) is 19.9.